The first-order valence-electron chi connectivity index (χ1n) is 1.46. The number of rotatable bonds is 0. The molecule has 0 rings (SSSR count). The smallest absolute Gasteiger partial charge is 0.0642 e. The van der Waals surface area contributed by atoms with E-state index in [1.165, 1.54) is 0 Å². The second kappa shape index (κ2) is 73.1. The van der Waals surface area contributed by atoms with Gasteiger partial charge in [0.05, 0.1) is 34.7 Å². The van der Waals surface area contributed by atoms with Crippen molar-refractivity contribution in [1.82, 2.24) is 0 Å². The predicted molar refractivity (Wildman–Crippen MR) is 36.2 cm³/mol. The maximum atomic E-state index is 8.35. The first-order valence-corrected chi connectivity index (χ1v) is 4.38. The van der Waals surface area contributed by atoms with Crippen LogP contribution >= 0.6 is 34.7 Å². The molecule has 0 spiro atoms. The molecule has 0 bridgehead atoms. The van der Waals surface area contributed by atoms with Gasteiger partial charge in [-0.25, -0.2) is 0 Å². The van der Waals surface area contributed by atoms with Crippen molar-refractivity contribution in [3.63, 3.8) is 0 Å². The van der Waals surface area contributed by atoms with Gasteiger partial charge in [0.15, 0.2) is 0 Å². The minimum absolute atomic E-state index is 0. The van der Waals surface area contributed by atoms with Crippen molar-refractivity contribution < 1.29 is 37.8 Å². The van der Waals surface area contributed by atoms with Crippen molar-refractivity contribution in [3.8, 4) is 0 Å². The minimum Gasteiger partial charge on any atom is -0.772 e. The van der Waals surface area contributed by atoms with Gasteiger partial charge in [-0.3, -0.25) is 18.3 Å². The zero-order valence-electron chi connectivity index (χ0n) is 5.55. The maximum Gasteiger partial charge on any atom is 0.0642 e. The maximum absolute atomic E-state index is 8.35. The van der Waals surface area contributed by atoms with Gasteiger partial charge in [0.2, 0.25) is 0 Å². The summed E-state index contributed by atoms with van der Waals surface area (Å²) in [6.45, 7) is 0. The van der Waals surface area contributed by atoms with E-state index < -0.39 is 34.7 Å². The van der Waals surface area contributed by atoms with E-state index in [1.54, 1.807) is 0 Å². The normalized spacial score (nSPS) is 6.46. The summed E-state index contributed by atoms with van der Waals surface area (Å²) < 4.78 is 33.4. The predicted octanol–water partition coefficient (Wildman–Crippen LogP) is -2.17. The molecule has 8 nitrogen and oxygen atoms in total. The third-order valence-electron chi connectivity index (χ3n) is 0. The molecule has 0 heterocycles. The molecule has 4 radical (unpaired) electrons. The van der Waals surface area contributed by atoms with Crippen molar-refractivity contribution in [2.45, 2.75) is 0 Å². The summed E-state index contributed by atoms with van der Waals surface area (Å²) in [7, 11) is -4.33. The molecule has 0 saturated heterocycles. The van der Waals surface area contributed by atoms with E-state index in [2.05, 4.69) is 0 Å². The summed E-state index contributed by atoms with van der Waals surface area (Å²) in [5, 5.41) is 0. The molecule has 0 aliphatic carbocycles. The third-order valence-corrected chi connectivity index (χ3v) is 0. The molecule has 0 saturated carbocycles. The van der Waals surface area contributed by atoms with E-state index in [-0.39, 0.29) is 27.3 Å². The monoisotopic (exact) mass is 460 g/mol. The first-order chi connectivity index (χ1) is 5.66. The SMILES string of the molecule is O=P[O-].O=P[O-].O=P[O-].O=P[O-].[Pb]. The Morgan fingerprint density at radius 1 is 0.538 bits per heavy atom. The second-order valence-electron chi connectivity index (χ2n) is 0.298. The molecule has 0 N–H and O–H groups in total. The fourth-order valence-electron chi connectivity index (χ4n) is 0. The van der Waals surface area contributed by atoms with Gasteiger partial charge in [0, 0.05) is 27.3 Å². The van der Waals surface area contributed by atoms with Crippen LogP contribution in [0.5, 0.6) is 0 Å². The fraction of sp³-hybridized carbons (Fsp3) is 0. The topological polar surface area (TPSA) is 161 Å². The van der Waals surface area contributed by atoms with E-state index in [4.69, 9.17) is 37.8 Å². The molecule has 0 aromatic heterocycles. The molecule has 0 aromatic rings. The number of hydrogen-bond donors (Lipinski definition) is 0. The molecule has 0 aliphatic heterocycles. The van der Waals surface area contributed by atoms with Gasteiger partial charge < -0.3 is 19.6 Å². The molecule has 0 unspecified atom stereocenters. The Kier molecular flexibility index (Phi) is 164. The Morgan fingerprint density at radius 3 is 0.538 bits per heavy atom. The molecular weight excluding hydrogens is 459 g/mol. The molecule has 0 amide bonds. The molecule has 0 aromatic carbocycles. The van der Waals surface area contributed by atoms with Gasteiger partial charge in [0.25, 0.3) is 0 Å². The van der Waals surface area contributed by atoms with Crippen molar-refractivity contribution in [2.24, 2.45) is 0 Å². The van der Waals surface area contributed by atoms with Crippen LogP contribution in [0.25, 0.3) is 0 Å². The van der Waals surface area contributed by atoms with Crippen molar-refractivity contribution in [3.05, 3.63) is 0 Å². The average Bonchev–Trinajstić information content (AvgIpc) is 1.92. The molecule has 13 heteroatoms. The molecule has 0 atom stereocenters. The van der Waals surface area contributed by atoms with Gasteiger partial charge in [-0.2, -0.15) is 0 Å². The van der Waals surface area contributed by atoms with Crippen LogP contribution in [0, 0.1) is 0 Å². The van der Waals surface area contributed by atoms with Crippen LogP contribution in [0.15, 0.2) is 0 Å². The van der Waals surface area contributed by atoms with Crippen molar-refractivity contribution in [1.29, 1.82) is 0 Å². The molecule has 13 heavy (non-hydrogen) atoms. The largest absolute Gasteiger partial charge is 0.772 e. The van der Waals surface area contributed by atoms with Gasteiger partial charge in [0.1, 0.15) is 0 Å². The van der Waals surface area contributed by atoms with E-state index in [9.17, 15) is 0 Å². The average molecular weight is 459 g/mol. The third kappa shape index (κ3) is 1210. The molecule has 0 fully saturated rings. The Labute approximate surface area is 99.7 Å². The van der Waals surface area contributed by atoms with Crippen LogP contribution in [0.3, 0.4) is 0 Å². The number of hydrogen-bond acceptors (Lipinski definition) is 8. The molecular formula is O8P4Pb-4. The molecule has 0 aliphatic rings. The second-order valence-corrected chi connectivity index (χ2v) is 0.894. The summed E-state index contributed by atoms with van der Waals surface area (Å²) >= 11 is 0. The summed E-state index contributed by atoms with van der Waals surface area (Å²) in [6, 6.07) is 0. The van der Waals surface area contributed by atoms with E-state index in [1.807, 2.05) is 0 Å². The van der Waals surface area contributed by atoms with Crippen LogP contribution in [0.2, 0.25) is 0 Å². The Bertz CT molecular complexity index is 70.1. The van der Waals surface area contributed by atoms with Crippen LogP contribution in [-0.2, 0) is 18.3 Å². The van der Waals surface area contributed by atoms with Crippen LogP contribution in [-0.4, -0.2) is 27.3 Å². The Hall–Kier alpha value is 1.16. The summed E-state index contributed by atoms with van der Waals surface area (Å²) in [5.74, 6) is 0. The summed E-state index contributed by atoms with van der Waals surface area (Å²) in [4.78, 5) is 33.4. The van der Waals surface area contributed by atoms with Gasteiger partial charge in [-0.15, -0.1) is 0 Å². The fourth-order valence-corrected chi connectivity index (χ4v) is 0. The van der Waals surface area contributed by atoms with Crippen LogP contribution < -0.4 is 19.6 Å². The van der Waals surface area contributed by atoms with Gasteiger partial charge >= 0.3 is 0 Å². The van der Waals surface area contributed by atoms with E-state index in [0.29, 0.717) is 0 Å². The standard InChI is InChI=1S/4HO2P.Pb/c4*1-3-2;/h4*(H,1,2);/p-4. The van der Waals surface area contributed by atoms with E-state index >= 15 is 0 Å². The van der Waals surface area contributed by atoms with Gasteiger partial charge in [-0.05, 0) is 0 Å². The summed E-state index contributed by atoms with van der Waals surface area (Å²) in [5.41, 5.74) is 0. The minimum atomic E-state index is -1.08. The zero-order chi connectivity index (χ0) is 10.8. The quantitative estimate of drug-likeness (QED) is 0.292. The van der Waals surface area contributed by atoms with Crippen LogP contribution in [0.1, 0.15) is 0 Å². The van der Waals surface area contributed by atoms with Crippen molar-refractivity contribution >= 4 is 62.0 Å². The zero-order valence-corrected chi connectivity index (χ0v) is 13.0. The van der Waals surface area contributed by atoms with Gasteiger partial charge in [-0.1, -0.05) is 0 Å². The van der Waals surface area contributed by atoms with E-state index in [0.717, 1.165) is 0 Å². The molecule has 76 valence electrons. The first kappa shape index (κ1) is 29.2. The van der Waals surface area contributed by atoms with Crippen molar-refractivity contribution in [2.75, 3.05) is 0 Å². The Morgan fingerprint density at radius 2 is 0.538 bits per heavy atom. The van der Waals surface area contributed by atoms with Crippen LogP contribution in [0.4, 0.5) is 0 Å². The summed E-state index contributed by atoms with van der Waals surface area (Å²) in [6.07, 6.45) is 0. The Balaban J connectivity index is -0.0000000213.